The molecule has 1 aromatic heterocycles. The van der Waals surface area contributed by atoms with Crippen LogP contribution in [0.15, 0.2) is 0 Å². The first-order valence-corrected chi connectivity index (χ1v) is 9.31. The van der Waals surface area contributed by atoms with Gasteiger partial charge in [0.05, 0.1) is 5.69 Å². The van der Waals surface area contributed by atoms with Crippen LogP contribution in [-0.4, -0.2) is 33.4 Å². The zero-order valence-corrected chi connectivity index (χ0v) is 14.7. The zero-order chi connectivity index (χ0) is 17.1. The summed E-state index contributed by atoms with van der Waals surface area (Å²) in [6.07, 6.45) is 8.19. The highest BCUT2D eigenvalue weighted by atomic mass is 16.2. The van der Waals surface area contributed by atoms with Gasteiger partial charge in [-0.2, -0.15) is 0 Å². The second-order valence-corrected chi connectivity index (χ2v) is 7.08. The number of nitrogens with one attached hydrogen (secondary N) is 2. The van der Waals surface area contributed by atoms with E-state index in [9.17, 15) is 9.59 Å². The summed E-state index contributed by atoms with van der Waals surface area (Å²) in [5, 5.41) is 6.07. The average molecular weight is 332 g/mol. The van der Waals surface area contributed by atoms with Gasteiger partial charge in [-0.05, 0) is 45.4 Å². The van der Waals surface area contributed by atoms with Gasteiger partial charge in [-0.1, -0.05) is 19.8 Å². The van der Waals surface area contributed by atoms with Crippen LogP contribution in [0.3, 0.4) is 0 Å². The number of aromatic nitrogens is 2. The maximum Gasteiger partial charge on any atom is 0.287 e. The van der Waals surface area contributed by atoms with E-state index in [-0.39, 0.29) is 23.9 Å². The van der Waals surface area contributed by atoms with E-state index in [2.05, 4.69) is 15.6 Å². The van der Waals surface area contributed by atoms with E-state index in [1.165, 1.54) is 12.8 Å². The summed E-state index contributed by atoms with van der Waals surface area (Å²) in [6, 6.07) is 0.362. The minimum atomic E-state index is -0.174. The van der Waals surface area contributed by atoms with Gasteiger partial charge in [-0.3, -0.25) is 9.59 Å². The van der Waals surface area contributed by atoms with Crippen molar-refractivity contribution in [1.82, 2.24) is 20.2 Å². The van der Waals surface area contributed by atoms with E-state index in [4.69, 9.17) is 0 Å². The SMILES string of the molecule is CCC(C)NC(=O)c1nc(C(=O)NC2CCCC2)c2n1CCCC2. The number of fused-ring (bicyclic) bond motifs is 1. The molecule has 1 aromatic rings. The fourth-order valence-corrected chi connectivity index (χ4v) is 3.61. The van der Waals surface area contributed by atoms with Crippen LogP contribution in [0.5, 0.6) is 0 Å². The van der Waals surface area contributed by atoms with E-state index in [1.807, 2.05) is 18.4 Å². The fourth-order valence-electron chi connectivity index (χ4n) is 3.61. The van der Waals surface area contributed by atoms with Crippen LogP contribution in [0.1, 0.15) is 85.6 Å². The van der Waals surface area contributed by atoms with Crippen LogP contribution in [0.2, 0.25) is 0 Å². The maximum absolute atomic E-state index is 12.7. The molecule has 0 bridgehead atoms. The number of hydrogen-bond acceptors (Lipinski definition) is 3. The molecule has 2 heterocycles. The predicted octanol–water partition coefficient (Wildman–Crippen LogP) is 2.42. The molecule has 6 heteroatoms. The zero-order valence-electron chi connectivity index (χ0n) is 14.7. The normalized spacial score (nSPS) is 18.9. The molecule has 132 valence electrons. The van der Waals surface area contributed by atoms with Gasteiger partial charge in [0.1, 0.15) is 5.69 Å². The molecular weight excluding hydrogens is 304 g/mol. The monoisotopic (exact) mass is 332 g/mol. The molecule has 0 spiro atoms. The van der Waals surface area contributed by atoms with Crippen LogP contribution >= 0.6 is 0 Å². The molecule has 1 aliphatic heterocycles. The molecule has 0 radical (unpaired) electrons. The van der Waals surface area contributed by atoms with Crippen molar-refractivity contribution in [2.75, 3.05) is 0 Å². The van der Waals surface area contributed by atoms with Crippen molar-refractivity contribution in [2.24, 2.45) is 0 Å². The van der Waals surface area contributed by atoms with Crippen molar-refractivity contribution in [3.05, 3.63) is 17.2 Å². The fraction of sp³-hybridized carbons (Fsp3) is 0.722. The molecule has 2 aliphatic rings. The van der Waals surface area contributed by atoms with Gasteiger partial charge in [-0.25, -0.2) is 4.98 Å². The Morgan fingerprint density at radius 1 is 1.21 bits per heavy atom. The van der Waals surface area contributed by atoms with Crippen LogP contribution < -0.4 is 10.6 Å². The number of nitrogens with zero attached hydrogens (tertiary/aromatic N) is 2. The van der Waals surface area contributed by atoms with Gasteiger partial charge in [0, 0.05) is 18.6 Å². The second kappa shape index (κ2) is 7.36. The highest BCUT2D eigenvalue weighted by Gasteiger charge is 2.29. The van der Waals surface area contributed by atoms with Gasteiger partial charge in [0.15, 0.2) is 5.82 Å². The Bertz CT molecular complexity index is 617. The largest absolute Gasteiger partial charge is 0.348 e. The third-order valence-electron chi connectivity index (χ3n) is 5.22. The van der Waals surface area contributed by atoms with Gasteiger partial charge < -0.3 is 15.2 Å². The molecule has 3 rings (SSSR count). The lowest BCUT2D eigenvalue weighted by Crippen LogP contribution is -2.34. The number of carbonyl (C=O) groups is 2. The molecule has 1 unspecified atom stereocenters. The molecule has 2 amide bonds. The summed E-state index contributed by atoms with van der Waals surface area (Å²) in [5.41, 5.74) is 1.38. The van der Waals surface area contributed by atoms with E-state index < -0.39 is 0 Å². The molecule has 0 aromatic carbocycles. The van der Waals surface area contributed by atoms with Crippen LogP contribution in [0.4, 0.5) is 0 Å². The molecule has 1 fully saturated rings. The summed E-state index contributed by atoms with van der Waals surface area (Å²) >= 11 is 0. The lowest BCUT2D eigenvalue weighted by Gasteiger charge is -2.18. The van der Waals surface area contributed by atoms with Crippen molar-refractivity contribution in [2.45, 2.75) is 83.8 Å². The highest BCUT2D eigenvalue weighted by Crippen LogP contribution is 2.23. The quantitative estimate of drug-likeness (QED) is 0.869. The van der Waals surface area contributed by atoms with Gasteiger partial charge in [0.25, 0.3) is 11.8 Å². The summed E-state index contributed by atoms with van der Waals surface area (Å²) in [6.45, 7) is 4.78. The van der Waals surface area contributed by atoms with E-state index in [0.717, 1.165) is 50.8 Å². The second-order valence-electron chi connectivity index (χ2n) is 7.08. The number of imidazole rings is 1. The third-order valence-corrected chi connectivity index (χ3v) is 5.22. The molecule has 24 heavy (non-hydrogen) atoms. The van der Waals surface area contributed by atoms with Crippen LogP contribution in [-0.2, 0) is 13.0 Å². The summed E-state index contributed by atoms with van der Waals surface area (Å²) in [4.78, 5) is 29.7. The van der Waals surface area contributed by atoms with Crippen LogP contribution in [0, 0.1) is 0 Å². The predicted molar refractivity (Wildman–Crippen MR) is 92.1 cm³/mol. The van der Waals surface area contributed by atoms with Gasteiger partial charge in [0.2, 0.25) is 0 Å². The lowest BCUT2D eigenvalue weighted by atomic mass is 10.1. The molecule has 1 saturated carbocycles. The van der Waals surface area contributed by atoms with E-state index in [1.54, 1.807) is 0 Å². The van der Waals surface area contributed by atoms with Crippen molar-refractivity contribution in [3.8, 4) is 0 Å². The Hall–Kier alpha value is -1.85. The molecule has 1 atom stereocenters. The number of hydrogen-bond donors (Lipinski definition) is 2. The molecular formula is C18H28N4O2. The topological polar surface area (TPSA) is 76.0 Å². The van der Waals surface area contributed by atoms with Crippen molar-refractivity contribution < 1.29 is 9.59 Å². The highest BCUT2D eigenvalue weighted by molar-refractivity contribution is 5.97. The molecule has 6 nitrogen and oxygen atoms in total. The Balaban J connectivity index is 1.83. The first-order valence-electron chi connectivity index (χ1n) is 9.31. The Morgan fingerprint density at radius 2 is 1.96 bits per heavy atom. The van der Waals surface area contributed by atoms with E-state index >= 15 is 0 Å². The summed E-state index contributed by atoms with van der Waals surface area (Å²) in [5.74, 6) is 0.101. The molecule has 1 aliphatic carbocycles. The van der Waals surface area contributed by atoms with Crippen molar-refractivity contribution in [3.63, 3.8) is 0 Å². The van der Waals surface area contributed by atoms with Gasteiger partial charge in [-0.15, -0.1) is 0 Å². The first-order chi connectivity index (χ1) is 11.6. The lowest BCUT2D eigenvalue weighted by molar-refractivity contribution is 0.0923. The summed E-state index contributed by atoms with van der Waals surface area (Å²) < 4.78 is 1.95. The van der Waals surface area contributed by atoms with Crippen molar-refractivity contribution in [1.29, 1.82) is 0 Å². The van der Waals surface area contributed by atoms with Crippen LogP contribution in [0.25, 0.3) is 0 Å². The summed E-state index contributed by atoms with van der Waals surface area (Å²) in [7, 11) is 0. The Labute approximate surface area is 143 Å². The number of carbonyl (C=O) groups excluding carboxylic acids is 2. The standard InChI is InChI=1S/C18H28N4O2/c1-3-12(2)19-18(24)16-21-15(14-10-6-7-11-22(14)16)17(23)20-13-8-4-5-9-13/h12-13H,3-11H2,1-2H3,(H,19,24)(H,20,23). The molecule has 2 N–H and O–H groups in total. The Morgan fingerprint density at radius 3 is 2.67 bits per heavy atom. The minimum absolute atomic E-state index is 0.102. The van der Waals surface area contributed by atoms with E-state index in [0.29, 0.717) is 11.5 Å². The minimum Gasteiger partial charge on any atom is -0.348 e. The number of amides is 2. The molecule has 0 saturated heterocycles. The number of rotatable bonds is 5. The van der Waals surface area contributed by atoms with Gasteiger partial charge >= 0.3 is 0 Å². The average Bonchev–Trinajstić information content (AvgIpc) is 3.21. The third kappa shape index (κ3) is 3.47. The first kappa shape index (κ1) is 17.0. The smallest absolute Gasteiger partial charge is 0.287 e. The Kier molecular flexibility index (Phi) is 5.21. The van der Waals surface area contributed by atoms with Crippen molar-refractivity contribution >= 4 is 11.8 Å². The maximum atomic E-state index is 12.7.